The summed E-state index contributed by atoms with van der Waals surface area (Å²) in [6.45, 7) is 14.4. The number of alkyl halides is 1. The molecule has 0 saturated carbocycles. The highest BCUT2D eigenvalue weighted by Crippen LogP contribution is 2.42. The number of H-pyrrole nitrogens is 3. The summed E-state index contributed by atoms with van der Waals surface area (Å²) in [7, 11) is 1.24. The van der Waals surface area contributed by atoms with Crippen molar-refractivity contribution in [3.05, 3.63) is 142 Å². The van der Waals surface area contributed by atoms with Gasteiger partial charge in [-0.05, 0) is 160 Å². The predicted octanol–water partition coefficient (Wildman–Crippen LogP) is 17.4. The van der Waals surface area contributed by atoms with Crippen LogP contribution < -0.4 is 24.8 Å². The topological polar surface area (TPSA) is 236 Å². The highest BCUT2D eigenvalue weighted by atomic mass is 79.9. The summed E-state index contributed by atoms with van der Waals surface area (Å²) in [6, 6.07) is 26.7. The number of fused-ring (bicyclic) bond motifs is 3. The van der Waals surface area contributed by atoms with Crippen molar-refractivity contribution in [1.29, 1.82) is 0 Å². The van der Waals surface area contributed by atoms with E-state index in [1.165, 1.54) is 26.2 Å². The molecule has 9 aromatic rings. The molecule has 84 heavy (non-hydrogen) atoms. The molecule has 3 heterocycles. The third kappa shape index (κ3) is 18.5. The number of hydrogen-bond acceptors (Lipinski definition) is 11. The van der Waals surface area contributed by atoms with Crippen LogP contribution in [0.1, 0.15) is 77.9 Å². The van der Waals surface area contributed by atoms with Crippen LogP contribution in [-0.4, -0.2) is 72.0 Å². The second kappa shape index (κ2) is 29.5. The van der Waals surface area contributed by atoms with Crippen LogP contribution in [0.4, 0.5) is 15.8 Å². The van der Waals surface area contributed by atoms with Gasteiger partial charge in [0.1, 0.15) is 41.1 Å². The van der Waals surface area contributed by atoms with Crippen molar-refractivity contribution in [3.63, 3.8) is 0 Å². The summed E-state index contributed by atoms with van der Waals surface area (Å²) in [5.41, 5.74) is 6.90. The number of aromatic amines is 3. The van der Waals surface area contributed by atoms with Gasteiger partial charge in [0.05, 0.1) is 68.1 Å². The molecule has 24 heteroatoms. The maximum Gasteiger partial charge on any atom is 0.338 e. The zero-order valence-corrected chi connectivity index (χ0v) is 54.6. The lowest BCUT2D eigenvalue weighted by molar-refractivity contribution is -0.143. The van der Waals surface area contributed by atoms with Gasteiger partial charge >= 0.3 is 11.9 Å². The van der Waals surface area contributed by atoms with Crippen molar-refractivity contribution in [1.82, 2.24) is 29.9 Å². The van der Waals surface area contributed by atoms with Gasteiger partial charge in [-0.25, -0.2) is 24.1 Å². The molecule has 0 aliphatic carbocycles. The zero-order valence-electron chi connectivity index (χ0n) is 46.7. The average molecular weight is 1450 g/mol. The molecule has 2 amide bonds. The molecule has 3 aromatic heterocycles. The molecule has 0 bridgehead atoms. The second-order valence-electron chi connectivity index (χ2n) is 20.6. The Morgan fingerprint density at radius 2 is 0.917 bits per heavy atom. The van der Waals surface area contributed by atoms with Crippen molar-refractivity contribution in [3.8, 4) is 34.5 Å². The normalized spacial score (nSPS) is 11.5. The molecule has 442 valence electrons. The van der Waals surface area contributed by atoms with E-state index >= 15 is 0 Å². The minimum atomic E-state index is -2.03. The molecule has 6 aromatic carbocycles. The summed E-state index contributed by atoms with van der Waals surface area (Å²) in [6.07, 6.45) is -0.0734. The monoisotopic (exact) mass is 1440 g/mol. The first-order valence-corrected chi connectivity index (χ1v) is 30.2. The Morgan fingerprint density at radius 1 is 0.560 bits per heavy atom. The number of nitrogens with one attached hydrogen (secondary N) is 5. The van der Waals surface area contributed by atoms with E-state index in [1.807, 2.05) is 42.5 Å². The standard InChI is InChI=1S/C21H21Br2N3O4.C20H19Cl2FN2O3.C19H19Br2N3O2/c1-11(2)6-18-25-16-5-4-13(9-17(16)26-18)30-21-14(22)7-12(8-15(21)23)24-19(27)10-20(28)29-3;1-10(2)5-18-24-16-4-3-12(9-17(16)25-18)28-19-13(21)6-11(7-14(19)22)8-15(23)20(26)27;1-10(2)6-18-23-16-5-4-13(9-17(16)24-18)26-19-14(20)7-12(8-15(19)21)22-11(3)25/h4-5,7-9,11H,6,10H2,1-3H3,(H,24,27)(H,25,26);3-4,6-7,9-10,15H,5,8H2,1-2H3,(H,24,25)(H,26,27);4-5,7-10H,6H2,1-3H3,(H,22,25)(H,23,24). The van der Waals surface area contributed by atoms with Gasteiger partial charge in [0.25, 0.3) is 0 Å². The quantitative estimate of drug-likeness (QED) is 0.0328. The van der Waals surface area contributed by atoms with Gasteiger partial charge in [0, 0.05) is 62.2 Å². The Morgan fingerprint density at radius 3 is 1.25 bits per heavy atom. The van der Waals surface area contributed by atoms with Crippen molar-refractivity contribution in [2.45, 2.75) is 86.7 Å². The molecular formula is C60H59Br4Cl2FN8O9. The number of imidazole rings is 3. The lowest BCUT2D eigenvalue weighted by Gasteiger charge is -2.12. The number of nitrogens with zero attached hydrogens (tertiary/aromatic N) is 3. The fraction of sp³-hybridized carbons (Fsp3) is 0.283. The summed E-state index contributed by atoms with van der Waals surface area (Å²) in [5.74, 6) is 4.93. The van der Waals surface area contributed by atoms with E-state index < -0.39 is 24.0 Å². The van der Waals surface area contributed by atoms with Crippen LogP contribution in [0.2, 0.25) is 10.0 Å². The number of esters is 1. The number of carbonyl (C=O) groups excluding carboxylic acids is 3. The van der Waals surface area contributed by atoms with E-state index in [4.69, 9.17) is 42.5 Å². The van der Waals surface area contributed by atoms with Crippen molar-refractivity contribution < 1.29 is 47.6 Å². The lowest BCUT2D eigenvalue weighted by Crippen LogP contribution is -2.17. The number of halogens is 7. The first-order chi connectivity index (χ1) is 39.8. The van der Waals surface area contributed by atoms with Crippen LogP contribution in [0.3, 0.4) is 0 Å². The van der Waals surface area contributed by atoms with E-state index in [2.05, 4.69) is 151 Å². The molecule has 0 aliphatic heterocycles. The third-order valence-corrected chi connectivity index (χ3v) is 14.8. The Hall–Kier alpha value is -6.56. The number of carboxylic acid groups (broad SMARTS) is 1. The first kappa shape index (κ1) is 65.0. The molecule has 0 spiro atoms. The van der Waals surface area contributed by atoms with E-state index in [9.17, 15) is 23.6 Å². The minimum Gasteiger partial charge on any atom is -0.479 e. The summed E-state index contributed by atoms with van der Waals surface area (Å²) in [5, 5.41) is 14.4. The number of methoxy groups -OCH3 is 1. The maximum atomic E-state index is 13.4. The molecule has 1 atom stereocenters. The number of anilines is 2. The van der Waals surface area contributed by atoms with Crippen molar-refractivity contribution in [2.75, 3.05) is 17.7 Å². The highest BCUT2D eigenvalue weighted by Gasteiger charge is 2.21. The molecule has 0 radical (unpaired) electrons. The Kier molecular flexibility index (Phi) is 22.8. The summed E-state index contributed by atoms with van der Waals surface area (Å²) < 4.78 is 38.6. The van der Waals surface area contributed by atoms with E-state index in [-0.39, 0.29) is 34.5 Å². The molecule has 17 nitrogen and oxygen atoms in total. The SMILES string of the molecule is CC(=O)Nc1cc(Br)c(Oc2ccc3nc(CC(C)C)[nH]c3c2)c(Br)c1.CC(C)Cc1nc2ccc(Oc3c(Cl)cc(CC(F)C(=O)O)cc3Cl)cc2[nH]1.COC(=O)CC(=O)Nc1cc(Br)c(Oc2ccc3nc(CC(C)C)[nH]c3c2)c(Br)c1. The van der Waals surface area contributed by atoms with Gasteiger partial charge in [0.15, 0.2) is 17.2 Å². The maximum absolute atomic E-state index is 13.4. The van der Waals surface area contributed by atoms with Gasteiger partial charge in [-0.3, -0.25) is 14.4 Å². The van der Waals surface area contributed by atoms with Crippen molar-refractivity contribution in [2.24, 2.45) is 17.8 Å². The van der Waals surface area contributed by atoms with Gasteiger partial charge in [0.2, 0.25) is 18.0 Å². The van der Waals surface area contributed by atoms with Crippen molar-refractivity contribution >= 4 is 155 Å². The van der Waals surface area contributed by atoms with Gasteiger partial charge in [-0.1, -0.05) is 64.7 Å². The van der Waals surface area contributed by atoms with Gasteiger partial charge in [-0.15, -0.1) is 0 Å². The van der Waals surface area contributed by atoms with Crippen LogP contribution in [0, 0.1) is 17.8 Å². The molecule has 0 aliphatic rings. The number of hydrogen-bond donors (Lipinski definition) is 6. The van der Waals surface area contributed by atoms with Crippen LogP contribution in [0.25, 0.3) is 33.1 Å². The number of benzene rings is 6. The van der Waals surface area contributed by atoms with E-state index in [1.54, 1.807) is 36.4 Å². The van der Waals surface area contributed by atoms with Crippen LogP contribution in [0.15, 0.2) is 109 Å². The largest absolute Gasteiger partial charge is 0.479 e. The molecule has 9 rings (SSSR count). The van der Waals surface area contributed by atoms with Gasteiger partial charge < -0.3 is 49.6 Å². The number of aromatic nitrogens is 6. The Balaban J connectivity index is 0.000000181. The second-order valence-corrected chi connectivity index (χ2v) is 24.8. The average Bonchev–Trinajstić information content (AvgIpc) is 3.40. The predicted molar refractivity (Wildman–Crippen MR) is 340 cm³/mol. The fourth-order valence-electron chi connectivity index (χ4n) is 8.31. The smallest absolute Gasteiger partial charge is 0.338 e. The lowest BCUT2D eigenvalue weighted by atomic mass is 10.1. The van der Waals surface area contributed by atoms with Crippen LogP contribution >= 0.6 is 86.9 Å². The number of amides is 2. The molecule has 1 unspecified atom stereocenters. The van der Waals surface area contributed by atoms with E-state index in [0.29, 0.717) is 72.4 Å². The van der Waals surface area contributed by atoms with Crippen LogP contribution in [-0.2, 0) is 49.6 Å². The molecule has 0 fully saturated rings. The highest BCUT2D eigenvalue weighted by molar-refractivity contribution is 9.11. The number of carboxylic acids is 1. The molecule has 6 N–H and O–H groups in total. The fourth-order valence-corrected chi connectivity index (χ4v) is 11.6. The zero-order chi connectivity index (χ0) is 61.1. The molecule has 0 saturated heterocycles. The number of rotatable bonds is 19. The third-order valence-electron chi connectivity index (χ3n) is 11.8. The molecular weight excluding hydrogens is 1390 g/mol. The minimum absolute atomic E-state index is 0.126. The summed E-state index contributed by atoms with van der Waals surface area (Å²) >= 11 is 26.4. The Bertz CT molecular complexity index is 3800. The first-order valence-electron chi connectivity index (χ1n) is 26.3. The van der Waals surface area contributed by atoms with E-state index in [0.717, 1.165) is 78.8 Å². The van der Waals surface area contributed by atoms with Gasteiger partial charge in [-0.2, -0.15) is 0 Å². The number of carbonyl (C=O) groups is 4. The number of ether oxygens (including phenoxy) is 4. The Labute approximate surface area is 527 Å². The van der Waals surface area contributed by atoms with Crippen LogP contribution in [0.5, 0.6) is 34.5 Å². The summed E-state index contributed by atoms with van der Waals surface area (Å²) in [4.78, 5) is 68.7. The number of aliphatic carboxylic acids is 1.